The Morgan fingerprint density at radius 3 is 2.59 bits per heavy atom. The van der Waals surface area contributed by atoms with Crippen LogP contribution in [-0.2, 0) is 23.0 Å². The van der Waals surface area contributed by atoms with E-state index < -0.39 is 10.0 Å². The SMILES string of the molecule is CCS(=O)(=O)N1CCN(C2CN(C(=O)c3cnn(-c4nc(-c5cc(C)c6c(c5)CN(C)CC6)cnc4N)c3)C2)CC1. The van der Waals surface area contributed by atoms with Crippen molar-refractivity contribution in [2.75, 3.05) is 64.3 Å². The Bertz CT molecular complexity index is 1570. The molecule has 6 rings (SSSR count). The van der Waals surface area contributed by atoms with Gasteiger partial charge in [-0.1, -0.05) is 0 Å². The molecule has 1 aromatic carbocycles. The van der Waals surface area contributed by atoms with Crippen molar-refractivity contribution >= 4 is 21.7 Å². The lowest BCUT2D eigenvalue weighted by Crippen LogP contribution is -2.64. The highest BCUT2D eigenvalue weighted by molar-refractivity contribution is 7.89. The van der Waals surface area contributed by atoms with Gasteiger partial charge in [0.25, 0.3) is 5.91 Å². The standard InChI is InChI=1S/C28H37N9O3S/c1-4-41(39,40)36-9-7-34(8-10-36)23-17-35(18-23)28(38)22-13-31-37(16-22)27-26(29)30-14-25(32-27)20-11-19(2)24-5-6-33(3)15-21(24)12-20/h11-14,16,23H,4-10,15,17-18H2,1-3H3,(H2,29,30). The highest BCUT2D eigenvalue weighted by Gasteiger charge is 2.38. The summed E-state index contributed by atoms with van der Waals surface area (Å²) in [4.78, 5) is 28.8. The highest BCUT2D eigenvalue weighted by Crippen LogP contribution is 2.29. The van der Waals surface area contributed by atoms with Gasteiger partial charge in [-0.05, 0) is 56.1 Å². The van der Waals surface area contributed by atoms with Crippen molar-refractivity contribution in [2.24, 2.45) is 0 Å². The number of nitrogens with zero attached hydrogens (tertiary/aromatic N) is 8. The Kier molecular flexibility index (Phi) is 7.30. The molecule has 218 valence electrons. The molecule has 0 unspecified atom stereocenters. The van der Waals surface area contributed by atoms with Crippen LogP contribution in [-0.4, -0.2) is 118 Å². The van der Waals surface area contributed by atoms with Gasteiger partial charge in [0.15, 0.2) is 11.6 Å². The lowest BCUT2D eigenvalue weighted by Gasteiger charge is -2.47. The lowest BCUT2D eigenvalue weighted by molar-refractivity contribution is 0.0164. The van der Waals surface area contributed by atoms with Gasteiger partial charge in [0.1, 0.15) is 0 Å². The van der Waals surface area contributed by atoms with Crippen LogP contribution in [0.1, 0.15) is 34.0 Å². The average Bonchev–Trinajstić information content (AvgIpc) is 3.43. The van der Waals surface area contributed by atoms with E-state index in [-0.39, 0.29) is 23.5 Å². The second kappa shape index (κ2) is 10.8. The molecule has 0 spiro atoms. The maximum absolute atomic E-state index is 13.2. The summed E-state index contributed by atoms with van der Waals surface area (Å²) >= 11 is 0. The predicted molar refractivity (Wildman–Crippen MR) is 156 cm³/mol. The number of nitrogens with two attached hydrogens (primary N) is 1. The number of rotatable bonds is 6. The molecule has 0 saturated carbocycles. The summed E-state index contributed by atoms with van der Waals surface area (Å²) in [5.74, 6) is 0.644. The third-order valence-electron chi connectivity index (χ3n) is 8.57. The Morgan fingerprint density at radius 2 is 1.85 bits per heavy atom. The van der Waals surface area contributed by atoms with Crippen LogP contribution in [0, 0.1) is 6.92 Å². The summed E-state index contributed by atoms with van der Waals surface area (Å²) in [7, 11) is -1.03. The number of amides is 1. The van der Waals surface area contributed by atoms with Crippen molar-refractivity contribution in [3.63, 3.8) is 0 Å². The van der Waals surface area contributed by atoms with E-state index in [0.717, 1.165) is 25.1 Å². The van der Waals surface area contributed by atoms with Crippen molar-refractivity contribution in [1.82, 2.24) is 38.8 Å². The maximum atomic E-state index is 13.2. The van der Waals surface area contributed by atoms with Gasteiger partial charge in [-0.3, -0.25) is 9.69 Å². The van der Waals surface area contributed by atoms with Gasteiger partial charge < -0.3 is 15.5 Å². The Labute approximate surface area is 240 Å². The molecule has 12 nitrogen and oxygen atoms in total. The number of carbonyl (C=O) groups excluding carboxylic acids is 1. The van der Waals surface area contributed by atoms with E-state index in [0.29, 0.717) is 56.3 Å². The first-order valence-corrected chi connectivity index (χ1v) is 15.7. The van der Waals surface area contributed by atoms with Gasteiger partial charge in [-0.25, -0.2) is 23.1 Å². The summed E-state index contributed by atoms with van der Waals surface area (Å²) in [6, 6.07) is 4.57. The molecule has 2 aromatic heterocycles. The molecule has 1 amide bonds. The Balaban J connectivity index is 1.13. The molecular formula is C28H37N9O3S. The number of aryl methyl sites for hydroxylation is 1. The predicted octanol–water partition coefficient (Wildman–Crippen LogP) is 1.000. The largest absolute Gasteiger partial charge is 0.381 e. The van der Waals surface area contributed by atoms with Crippen molar-refractivity contribution in [3.8, 4) is 17.1 Å². The average molecular weight is 580 g/mol. The second-order valence-corrected chi connectivity index (χ2v) is 13.5. The summed E-state index contributed by atoms with van der Waals surface area (Å²) < 4.78 is 27.3. The first kappa shape index (κ1) is 27.8. The van der Waals surface area contributed by atoms with Crippen LogP contribution in [0.2, 0.25) is 0 Å². The van der Waals surface area contributed by atoms with E-state index in [1.807, 2.05) is 0 Å². The molecule has 5 heterocycles. The number of piperazine rings is 1. The highest BCUT2D eigenvalue weighted by atomic mass is 32.2. The number of likely N-dealkylation sites (N-methyl/N-ethyl adjacent to an activating group) is 1. The van der Waals surface area contributed by atoms with Crippen LogP contribution in [0.5, 0.6) is 0 Å². The van der Waals surface area contributed by atoms with Crippen LogP contribution in [0.15, 0.2) is 30.7 Å². The van der Waals surface area contributed by atoms with Crippen molar-refractivity contribution in [2.45, 2.75) is 32.9 Å². The van der Waals surface area contributed by atoms with Crippen LogP contribution >= 0.6 is 0 Å². The van der Waals surface area contributed by atoms with E-state index in [1.165, 1.54) is 27.6 Å². The Hall–Kier alpha value is -3.39. The van der Waals surface area contributed by atoms with Crippen LogP contribution < -0.4 is 5.73 Å². The van der Waals surface area contributed by atoms with Gasteiger partial charge in [0.2, 0.25) is 10.0 Å². The summed E-state index contributed by atoms with van der Waals surface area (Å²) in [5, 5.41) is 4.40. The number of fused-ring (bicyclic) bond motifs is 1. The fraction of sp³-hybridized carbons (Fsp3) is 0.500. The minimum absolute atomic E-state index is 0.100. The van der Waals surface area contributed by atoms with Gasteiger partial charge in [0.05, 0.1) is 29.4 Å². The number of nitrogen functional groups attached to an aromatic ring is 1. The number of hydrogen-bond acceptors (Lipinski definition) is 9. The van der Waals surface area contributed by atoms with Crippen molar-refractivity contribution in [3.05, 3.63) is 53.0 Å². The zero-order chi connectivity index (χ0) is 28.9. The first-order chi connectivity index (χ1) is 19.6. The first-order valence-electron chi connectivity index (χ1n) is 14.1. The van der Waals surface area contributed by atoms with E-state index >= 15 is 0 Å². The monoisotopic (exact) mass is 579 g/mol. The number of sulfonamides is 1. The molecule has 3 aliphatic heterocycles. The van der Waals surface area contributed by atoms with Gasteiger partial charge in [-0.15, -0.1) is 0 Å². The van der Waals surface area contributed by atoms with E-state index in [4.69, 9.17) is 10.7 Å². The summed E-state index contributed by atoms with van der Waals surface area (Å²) in [5.41, 5.74) is 12.3. The van der Waals surface area contributed by atoms with E-state index in [9.17, 15) is 13.2 Å². The smallest absolute Gasteiger partial charge is 0.257 e. The molecule has 2 saturated heterocycles. The number of likely N-dealkylation sites (tertiary alicyclic amines) is 1. The summed E-state index contributed by atoms with van der Waals surface area (Å²) in [6.07, 6.45) is 5.91. The molecule has 0 aliphatic carbocycles. The third-order valence-corrected chi connectivity index (χ3v) is 10.5. The van der Waals surface area contributed by atoms with Gasteiger partial charge >= 0.3 is 0 Å². The Morgan fingerprint density at radius 1 is 1.10 bits per heavy atom. The minimum atomic E-state index is -3.16. The summed E-state index contributed by atoms with van der Waals surface area (Å²) in [6.45, 7) is 9.33. The topological polar surface area (TPSA) is 134 Å². The van der Waals surface area contributed by atoms with Crippen LogP contribution in [0.4, 0.5) is 5.82 Å². The molecule has 41 heavy (non-hydrogen) atoms. The molecule has 0 radical (unpaired) electrons. The second-order valence-electron chi connectivity index (χ2n) is 11.3. The molecule has 13 heteroatoms. The third kappa shape index (κ3) is 5.34. The number of benzene rings is 1. The van der Waals surface area contributed by atoms with Crippen LogP contribution in [0.25, 0.3) is 17.1 Å². The zero-order valence-electron chi connectivity index (χ0n) is 23.8. The number of hydrogen-bond donors (Lipinski definition) is 1. The van der Waals surface area contributed by atoms with Crippen molar-refractivity contribution < 1.29 is 13.2 Å². The fourth-order valence-electron chi connectivity index (χ4n) is 6.02. The molecule has 3 aliphatic rings. The molecule has 2 fully saturated rings. The maximum Gasteiger partial charge on any atom is 0.257 e. The van der Waals surface area contributed by atoms with E-state index in [2.05, 4.69) is 46.0 Å². The molecular weight excluding hydrogens is 542 g/mol. The number of carbonyl (C=O) groups is 1. The quantitative estimate of drug-likeness (QED) is 0.454. The zero-order valence-corrected chi connectivity index (χ0v) is 24.6. The normalized spacial score (nSPS) is 19.2. The van der Waals surface area contributed by atoms with Gasteiger partial charge in [-0.2, -0.15) is 9.40 Å². The number of anilines is 1. The number of aromatic nitrogens is 4. The molecule has 3 aromatic rings. The fourth-order valence-corrected chi connectivity index (χ4v) is 7.10. The molecule has 2 N–H and O–H groups in total. The van der Waals surface area contributed by atoms with E-state index in [1.54, 1.807) is 28.5 Å². The van der Waals surface area contributed by atoms with Gasteiger partial charge in [0, 0.05) is 70.2 Å². The van der Waals surface area contributed by atoms with Crippen molar-refractivity contribution in [1.29, 1.82) is 0 Å². The lowest BCUT2D eigenvalue weighted by atomic mass is 9.92. The minimum Gasteiger partial charge on any atom is -0.381 e. The molecule has 0 atom stereocenters. The molecule has 0 bridgehead atoms. The van der Waals surface area contributed by atoms with Crippen LogP contribution in [0.3, 0.4) is 0 Å².